The van der Waals surface area contributed by atoms with E-state index >= 15 is 0 Å². The van der Waals surface area contributed by atoms with Crippen LogP contribution in [0.25, 0.3) is 0 Å². The van der Waals surface area contributed by atoms with Crippen LogP contribution < -0.4 is 10.3 Å². The Balaban J connectivity index is 1.97. The van der Waals surface area contributed by atoms with Crippen molar-refractivity contribution in [2.24, 2.45) is 5.10 Å². The molecule has 1 amide bonds. The van der Waals surface area contributed by atoms with Crippen molar-refractivity contribution in [1.29, 1.82) is 0 Å². The Kier molecular flexibility index (Phi) is 7.91. The zero-order chi connectivity index (χ0) is 18.1. The SMILES string of the molecule is CCCN(CCC)c1ccc(/C=N\NC(=O)c2ccccc2I)cc1. The molecule has 2 aromatic carbocycles. The first-order chi connectivity index (χ1) is 12.2. The number of carbonyl (C=O) groups excluding carboxylic acids is 1. The highest BCUT2D eigenvalue weighted by atomic mass is 127. The van der Waals surface area contributed by atoms with E-state index in [1.54, 1.807) is 12.3 Å². The van der Waals surface area contributed by atoms with Gasteiger partial charge in [-0.3, -0.25) is 4.79 Å². The minimum Gasteiger partial charge on any atom is -0.372 e. The molecule has 0 aliphatic rings. The maximum Gasteiger partial charge on any atom is 0.272 e. The van der Waals surface area contributed by atoms with E-state index in [4.69, 9.17) is 0 Å². The van der Waals surface area contributed by atoms with Crippen molar-refractivity contribution >= 4 is 40.4 Å². The first-order valence-electron chi connectivity index (χ1n) is 8.58. The molecule has 2 aromatic rings. The summed E-state index contributed by atoms with van der Waals surface area (Å²) in [5.74, 6) is -0.199. The fourth-order valence-electron chi connectivity index (χ4n) is 2.55. The number of nitrogens with one attached hydrogen (secondary N) is 1. The lowest BCUT2D eigenvalue weighted by Gasteiger charge is -2.23. The summed E-state index contributed by atoms with van der Waals surface area (Å²) in [5, 5.41) is 4.06. The maximum absolute atomic E-state index is 12.1. The van der Waals surface area contributed by atoms with Crippen molar-refractivity contribution in [2.75, 3.05) is 18.0 Å². The highest BCUT2D eigenvalue weighted by Crippen LogP contribution is 2.15. The summed E-state index contributed by atoms with van der Waals surface area (Å²) in [4.78, 5) is 14.5. The predicted octanol–water partition coefficient (Wildman–Crippen LogP) is 4.68. The third kappa shape index (κ3) is 5.85. The third-order valence-corrected chi connectivity index (χ3v) is 4.68. The average Bonchev–Trinajstić information content (AvgIpc) is 2.62. The minimum atomic E-state index is -0.199. The summed E-state index contributed by atoms with van der Waals surface area (Å²) < 4.78 is 0.907. The van der Waals surface area contributed by atoms with Gasteiger partial charge in [0.25, 0.3) is 5.91 Å². The largest absolute Gasteiger partial charge is 0.372 e. The number of nitrogens with zero attached hydrogens (tertiary/aromatic N) is 2. The topological polar surface area (TPSA) is 44.7 Å². The smallest absolute Gasteiger partial charge is 0.272 e. The highest BCUT2D eigenvalue weighted by molar-refractivity contribution is 14.1. The van der Waals surface area contributed by atoms with Crippen molar-refractivity contribution < 1.29 is 4.79 Å². The Hall–Kier alpha value is -1.89. The lowest BCUT2D eigenvalue weighted by molar-refractivity contribution is 0.0954. The Labute approximate surface area is 163 Å². The maximum atomic E-state index is 12.1. The number of carbonyl (C=O) groups is 1. The normalized spacial score (nSPS) is 10.8. The second-order valence-corrected chi connectivity index (χ2v) is 6.92. The molecule has 1 N–H and O–H groups in total. The van der Waals surface area contributed by atoms with Crippen LogP contribution in [0.5, 0.6) is 0 Å². The zero-order valence-corrected chi connectivity index (χ0v) is 16.9. The number of anilines is 1. The van der Waals surface area contributed by atoms with Crippen LogP contribution >= 0.6 is 22.6 Å². The van der Waals surface area contributed by atoms with E-state index in [9.17, 15) is 4.79 Å². The van der Waals surface area contributed by atoms with Crippen LogP contribution in [0.1, 0.15) is 42.6 Å². The van der Waals surface area contributed by atoms with Crippen LogP contribution in [0.3, 0.4) is 0 Å². The van der Waals surface area contributed by atoms with Crippen molar-refractivity contribution in [1.82, 2.24) is 5.43 Å². The summed E-state index contributed by atoms with van der Waals surface area (Å²) in [5.41, 5.74) is 5.40. The second-order valence-electron chi connectivity index (χ2n) is 5.76. The van der Waals surface area contributed by atoms with Gasteiger partial charge in [0, 0.05) is 22.3 Å². The van der Waals surface area contributed by atoms with E-state index in [2.05, 4.69) is 64.0 Å². The second kappa shape index (κ2) is 10.2. The molecule has 0 bridgehead atoms. The van der Waals surface area contributed by atoms with Crippen molar-refractivity contribution in [3.63, 3.8) is 0 Å². The Bertz CT molecular complexity index is 707. The molecule has 0 atom stereocenters. The summed E-state index contributed by atoms with van der Waals surface area (Å²) in [6, 6.07) is 15.7. The number of rotatable bonds is 8. The Morgan fingerprint density at radius 3 is 2.32 bits per heavy atom. The molecule has 0 spiro atoms. The summed E-state index contributed by atoms with van der Waals surface area (Å²) in [7, 11) is 0. The van der Waals surface area contributed by atoms with Crippen molar-refractivity contribution in [2.45, 2.75) is 26.7 Å². The van der Waals surface area contributed by atoms with Gasteiger partial charge in [0.2, 0.25) is 0 Å². The van der Waals surface area contributed by atoms with E-state index in [1.807, 2.05) is 30.3 Å². The summed E-state index contributed by atoms with van der Waals surface area (Å²) >= 11 is 2.14. The van der Waals surface area contributed by atoms with Gasteiger partial charge >= 0.3 is 0 Å². The zero-order valence-electron chi connectivity index (χ0n) is 14.7. The van der Waals surface area contributed by atoms with Crippen LogP contribution in [-0.2, 0) is 0 Å². The molecule has 0 aliphatic heterocycles. The third-order valence-electron chi connectivity index (χ3n) is 3.74. The molecule has 0 saturated carbocycles. The van der Waals surface area contributed by atoms with Gasteiger partial charge < -0.3 is 4.90 Å². The molecule has 5 heteroatoms. The summed E-state index contributed by atoms with van der Waals surface area (Å²) in [6.45, 7) is 6.51. The van der Waals surface area contributed by atoms with E-state index in [0.717, 1.165) is 35.1 Å². The van der Waals surface area contributed by atoms with Crippen LogP contribution in [0, 0.1) is 3.57 Å². The quantitative estimate of drug-likeness (QED) is 0.361. The van der Waals surface area contributed by atoms with Crippen molar-refractivity contribution in [3.8, 4) is 0 Å². The van der Waals surface area contributed by atoms with Crippen LogP contribution in [-0.4, -0.2) is 25.2 Å². The van der Waals surface area contributed by atoms with E-state index in [0.29, 0.717) is 5.56 Å². The average molecular weight is 449 g/mol. The van der Waals surface area contributed by atoms with Gasteiger partial charge in [-0.05, 0) is 65.3 Å². The fraction of sp³-hybridized carbons (Fsp3) is 0.300. The molecule has 0 saturated heterocycles. The molecule has 25 heavy (non-hydrogen) atoms. The van der Waals surface area contributed by atoms with Gasteiger partial charge in [-0.1, -0.05) is 38.1 Å². The molecule has 4 nitrogen and oxygen atoms in total. The number of hydrogen-bond donors (Lipinski definition) is 1. The molecule has 132 valence electrons. The molecule has 2 rings (SSSR count). The number of halogens is 1. The van der Waals surface area contributed by atoms with Crippen LogP contribution in [0.15, 0.2) is 53.6 Å². The summed E-state index contributed by atoms with van der Waals surface area (Å²) in [6.07, 6.45) is 3.93. The van der Waals surface area contributed by atoms with Crippen LogP contribution in [0.2, 0.25) is 0 Å². The molecular formula is C20H24IN3O. The standard InChI is InChI=1S/C20H24IN3O/c1-3-13-24(14-4-2)17-11-9-16(10-12-17)15-22-23-20(25)18-7-5-6-8-19(18)21/h5-12,15H,3-4,13-14H2,1-2H3,(H,23,25)/b22-15-. The molecule has 0 aromatic heterocycles. The predicted molar refractivity (Wildman–Crippen MR) is 113 cm³/mol. The van der Waals surface area contributed by atoms with Gasteiger partial charge in [0.05, 0.1) is 11.8 Å². The molecule has 0 unspecified atom stereocenters. The first-order valence-corrected chi connectivity index (χ1v) is 9.66. The van der Waals surface area contributed by atoms with Crippen LogP contribution in [0.4, 0.5) is 5.69 Å². The monoisotopic (exact) mass is 449 g/mol. The minimum absolute atomic E-state index is 0.199. The highest BCUT2D eigenvalue weighted by Gasteiger charge is 2.07. The molecule has 0 radical (unpaired) electrons. The first kappa shape index (κ1) is 19.4. The number of hydrogen-bond acceptors (Lipinski definition) is 3. The number of hydrazone groups is 1. The molecular weight excluding hydrogens is 425 g/mol. The Morgan fingerprint density at radius 1 is 1.08 bits per heavy atom. The lowest BCUT2D eigenvalue weighted by Crippen LogP contribution is -2.24. The van der Waals surface area contributed by atoms with Gasteiger partial charge in [-0.25, -0.2) is 5.43 Å². The van der Waals surface area contributed by atoms with Gasteiger partial charge in [0.15, 0.2) is 0 Å². The number of benzene rings is 2. The van der Waals surface area contributed by atoms with E-state index in [1.165, 1.54) is 5.69 Å². The van der Waals surface area contributed by atoms with E-state index in [-0.39, 0.29) is 5.91 Å². The Morgan fingerprint density at radius 2 is 1.72 bits per heavy atom. The van der Waals surface area contributed by atoms with Gasteiger partial charge in [0.1, 0.15) is 0 Å². The van der Waals surface area contributed by atoms with E-state index < -0.39 is 0 Å². The molecule has 0 heterocycles. The fourth-order valence-corrected chi connectivity index (χ4v) is 3.18. The lowest BCUT2D eigenvalue weighted by atomic mass is 10.2. The molecule has 0 fully saturated rings. The van der Waals surface area contributed by atoms with Gasteiger partial charge in [-0.2, -0.15) is 5.10 Å². The van der Waals surface area contributed by atoms with Gasteiger partial charge in [-0.15, -0.1) is 0 Å². The van der Waals surface area contributed by atoms with Crippen molar-refractivity contribution in [3.05, 3.63) is 63.2 Å². The number of amides is 1. The molecule has 0 aliphatic carbocycles.